The molecule has 1 atom stereocenters. The van der Waals surface area contributed by atoms with Crippen LogP contribution in [-0.4, -0.2) is 65.2 Å². The van der Waals surface area contributed by atoms with Crippen LogP contribution in [0.15, 0.2) is 48.8 Å². The average Bonchev–Trinajstić information content (AvgIpc) is 2.84. The van der Waals surface area contributed by atoms with Gasteiger partial charge in [0, 0.05) is 45.8 Å². The van der Waals surface area contributed by atoms with Crippen molar-refractivity contribution in [1.82, 2.24) is 20.2 Å². The highest BCUT2D eigenvalue weighted by Crippen LogP contribution is 2.35. The molecule has 0 bridgehead atoms. The molecule has 3 heterocycles. The van der Waals surface area contributed by atoms with Crippen LogP contribution in [0.2, 0.25) is 0 Å². The van der Waals surface area contributed by atoms with Crippen molar-refractivity contribution in [3.63, 3.8) is 0 Å². The summed E-state index contributed by atoms with van der Waals surface area (Å²) in [5.41, 5.74) is 4.41. The number of fused-ring (bicyclic) bond motifs is 1. The lowest BCUT2D eigenvalue weighted by atomic mass is 9.96. The first-order chi connectivity index (χ1) is 15.7. The molecule has 166 valence electrons. The molecule has 3 aromatic rings. The number of hydrogen-bond donors (Lipinski definition) is 2. The number of carboxylic acid groups (broad SMARTS) is 1. The Labute approximate surface area is 188 Å². The van der Waals surface area contributed by atoms with Crippen molar-refractivity contribution in [2.45, 2.75) is 19.4 Å². The Morgan fingerprint density at radius 3 is 2.66 bits per heavy atom. The van der Waals surface area contributed by atoms with E-state index in [1.807, 2.05) is 12.1 Å². The molecule has 2 N–H and O–H groups in total. The SMILES string of the molecule is O=C(O)C1CCCN(c2ncnc3cccc(-c4ccc(CN5CCNCC5)cc4)c23)C1. The van der Waals surface area contributed by atoms with E-state index in [-0.39, 0.29) is 5.92 Å². The fourth-order valence-electron chi connectivity index (χ4n) is 4.86. The average molecular weight is 432 g/mol. The number of piperazine rings is 1. The summed E-state index contributed by atoms with van der Waals surface area (Å²) in [6.45, 7) is 6.54. The van der Waals surface area contributed by atoms with Crippen molar-refractivity contribution in [1.29, 1.82) is 0 Å². The quantitative estimate of drug-likeness (QED) is 0.643. The number of carbonyl (C=O) groups is 1. The number of rotatable bonds is 5. The first-order valence-electron chi connectivity index (χ1n) is 11.4. The number of carboxylic acids is 1. The predicted molar refractivity (Wildman–Crippen MR) is 126 cm³/mol. The van der Waals surface area contributed by atoms with Crippen LogP contribution < -0.4 is 10.2 Å². The van der Waals surface area contributed by atoms with Crippen LogP contribution in [0.3, 0.4) is 0 Å². The number of aliphatic carboxylic acids is 1. The molecule has 2 aromatic carbocycles. The Balaban J connectivity index is 1.47. The third-order valence-electron chi connectivity index (χ3n) is 6.59. The summed E-state index contributed by atoms with van der Waals surface area (Å²) < 4.78 is 0. The Morgan fingerprint density at radius 1 is 1.06 bits per heavy atom. The molecule has 32 heavy (non-hydrogen) atoms. The predicted octanol–water partition coefficient (Wildman–Crippen LogP) is 3.00. The van der Waals surface area contributed by atoms with Gasteiger partial charge in [0.2, 0.25) is 0 Å². The second kappa shape index (κ2) is 9.22. The number of piperidine rings is 1. The molecule has 0 spiro atoms. The smallest absolute Gasteiger partial charge is 0.308 e. The van der Waals surface area contributed by atoms with Crippen molar-refractivity contribution in [2.24, 2.45) is 5.92 Å². The highest BCUT2D eigenvalue weighted by molar-refractivity contribution is 6.02. The second-order valence-electron chi connectivity index (χ2n) is 8.74. The second-order valence-corrected chi connectivity index (χ2v) is 8.74. The molecule has 0 amide bonds. The molecule has 7 nitrogen and oxygen atoms in total. The van der Waals surface area contributed by atoms with Crippen molar-refractivity contribution in [3.8, 4) is 11.1 Å². The molecule has 7 heteroatoms. The van der Waals surface area contributed by atoms with Crippen molar-refractivity contribution >= 4 is 22.7 Å². The number of benzene rings is 2. The Bertz CT molecular complexity index is 1090. The maximum absolute atomic E-state index is 11.6. The lowest BCUT2D eigenvalue weighted by Gasteiger charge is -2.32. The fourth-order valence-corrected chi connectivity index (χ4v) is 4.86. The van der Waals surface area contributed by atoms with E-state index in [0.29, 0.717) is 6.54 Å². The minimum Gasteiger partial charge on any atom is -0.481 e. The van der Waals surface area contributed by atoms with E-state index in [4.69, 9.17) is 0 Å². The van der Waals surface area contributed by atoms with E-state index in [2.05, 4.69) is 55.4 Å². The van der Waals surface area contributed by atoms with Gasteiger partial charge in [-0.25, -0.2) is 9.97 Å². The molecular formula is C25H29N5O2. The number of aromatic nitrogens is 2. The zero-order valence-corrected chi connectivity index (χ0v) is 18.2. The first kappa shape index (κ1) is 20.8. The van der Waals surface area contributed by atoms with Crippen LogP contribution in [0.25, 0.3) is 22.0 Å². The van der Waals surface area contributed by atoms with Gasteiger partial charge in [-0.05, 0) is 35.6 Å². The zero-order chi connectivity index (χ0) is 21.9. The van der Waals surface area contributed by atoms with E-state index < -0.39 is 5.97 Å². The highest BCUT2D eigenvalue weighted by Gasteiger charge is 2.27. The third kappa shape index (κ3) is 4.31. The van der Waals surface area contributed by atoms with E-state index in [1.54, 1.807) is 6.33 Å². The molecule has 2 aliphatic rings. The molecule has 2 saturated heterocycles. The molecule has 5 rings (SSSR count). The Morgan fingerprint density at radius 2 is 1.88 bits per heavy atom. The number of anilines is 1. The van der Waals surface area contributed by atoms with Gasteiger partial charge in [-0.2, -0.15) is 0 Å². The standard InChI is InChI=1S/C25H29N5O2/c31-25(32)20-3-2-12-30(16-20)24-23-21(4-1-5-22(23)27-17-28-24)19-8-6-18(7-9-19)15-29-13-10-26-11-14-29/h1,4-9,17,20,26H,2-3,10-16H2,(H,31,32). The number of nitrogens with zero attached hydrogens (tertiary/aromatic N) is 4. The van der Waals surface area contributed by atoms with Gasteiger partial charge in [-0.3, -0.25) is 9.69 Å². The van der Waals surface area contributed by atoms with Gasteiger partial charge in [0.05, 0.1) is 16.8 Å². The molecule has 0 radical (unpaired) electrons. The van der Waals surface area contributed by atoms with Crippen molar-refractivity contribution in [3.05, 3.63) is 54.4 Å². The van der Waals surface area contributed by atoms with Gasteiger partial charge in [-0.1, -0.05) is 36.4 Å². The highest BCUT2D eigenvalue weighted by atomic mass is 16.4. The summed E-state index contributed by atoms with van der Waals surface area (Å²) in [6.07, 6.45) is 3.16. The maximum Gasteiger partial charge on any atom is 0.308 e. The first-order valence-corrected chi connectivity index (χ1v) is 11.4. The topological polar surface area (TPSA) is 81.6 Å². The molecule has 0 aliphatic carbocycles. The van der Waals surface area contributed by atoms with Crippen LogP contribution in [0, 0.1) is 5.92 Å². The van der Waals surface area contributed by atoms with Gasteiger partial charge in [0.25, 0.3) is 0 Å². The lowest BCUT2D eigenvalue weighted by molar-refractivity contribution is -0.141. The summed E-state index contributed by atoms with van der Waals surface area (Å²) in [5.74, 6) is -0.250. The van der Waals surface area contributed by atoms with Crippen molar-refractivity contribution < 1.29 is 9.90 Å². The minimum atomic E-state index is -0.728. The molecule has 2 aliphatic heterocycles. The fraction of sp³-hybridized carbons (Fsp3) is 0.400. The summed E-state index contributed by atoms with van der Waals surface area (Å²) >= 11 is 0. The van der Waals surface area contributed by atoms with Crippen LogP contribution in [0.4, 0.5) is 5.82 Å². The van der Waals surface area contributed by atoms with E-state index in [9.17, 15) is 9.90 Å². The molecule has 2 fully saturated rings. The van der Waals surface area contributed by atoms with E-state index >= 15 is 0 Å². The molecular weight excluding hydrogens is 402 g/mol. The van der Waals surface area contributed by atoms with Gasteiger partial charge in [0.1, 0.15) is 12.1 Å². The minimum absolute atomic E-state index is 0.356. The van der Waals surface area contributed by atoms with Crippen LogP contribution in [0.1, 0.15) is 18.4 Å². The monoisotopic (exact) mass is 431 g/mol. The molecule has 1 aromatic heterocycles. The maximum atomic E-state index is 11.6. The lowest BCUT2D eigenvalue weighted by Crippen LogP contribution is -2.42. The summed E-state index contributed by atoms with van der Waals surface area (Å²) in [4.78, 5) is 25.3. The summed E-state index contributed by atoms with van der Waals surface area (Å²) in [6, 6.07) is 14.9. The number of nitrogens with one attached hydrogen (secondary N) is 1. The van der Waals surface area contributed by atoms with Gasteiger partial charge in [-0.15, -0.1) is 0 Å². The van der Waals surface area contributed by atoms with Gasteiger partial charge in [0.15, 0.2) is 0 Å². The van der Waals surface area contributed by atoms with Crippen LogP contribution >= 0.6 is 0 Å². The van der Waals surface area contributed by atoms with E-state index in [1.165, 1.54) is 5.56 Å². The molecule has 1 unspecified atom stereocenters. The summed E-state index contributed by atoms with van der Waals surface area (Å²) in [5, 5.41) is 13.9. The summed E-state index contributed by atoms with van der Waals surface area (Å²) in [7, 11) is 0. The largest absolute Gasteiger partial charge is 0.481 e. The zero-order valence-electron chi connectivity index (χ0n) is 18.2. The van der Waals surface area contributed by atoms with Crippen LogP contribution in [-0.2, 0) is 11.3 Å². The third-order valence-corrected chi connectivity index (χ3v) is 6.59. The van der Waals surface area contributed by atoms with Gasteiger partial charge >= 0.3 is 5.97 Å². The van der Waals surface area contributed by atoms with Crippen LogP contribution in [0.5, 0.6) is 0 Å². The van der Waals surface area contributed by atoms with Gasteiger partial charge < -0.3 is 15.3 Å². The normalized spacial score (nSPS) is 19.9. The van der Waals surface area contributed by atoms with E-state index in [0.717, 1.165) is 80.0 Å². The Kier molecular flexibility index (Phi) is 6.01. The Hall–Kier alpha value is -3.03. The molecule has 0 saturated carbocycles. The van der Waals surface area contributed by atoms with Crippen molar-refractivity contribution in [2.75, 3.05) is 44.2 Å². The number of hydrogen-bond acceptors (Lipinski definition) is 6.